The topological polar surface area (TPSA) is 84.7 Å². The van der Waals surface area contributed by atoms with E-state index in [1.807, 2.05) is 31.2 Å². The molecule has 1 aliphatic rings. The number of nitrogens with one attached hydrogen (secondary N) is 1. The Morgan fingerprint density at radius 3 is 2.67 bits per heavy atom. The third-order valence-corrected chi connectivity index (χ3v) is 4.08. The first-order valence-corrected chi connectivity index (χ1v) is 8.03. The Bertz CT molecular complexity index is 568. The van der Waals surface area contributed by atoms with Crippen LogP contribution in [0.5, 0.6) is 0 Å². The lowest BCUT2D eigenvalue weighted by atomic mass is 10.1. The van der Waals surface area contributed by atoms with Crippen molar-refractivity contribution in [3.05, 3.63) is 29.8 Å². The van der Waals surface area contributed by atoms with Gasteiger partial charge in [0.05, 0.1) is 12.6 Å². The van der Waals surface area contributed by atoms with Crippen LogP contribution in [0, 0.1) is 0 Å². The molecule has 1 aromatic rings. The number of ether oxygens (including phenoxy) is 1. The van der Waals surface area contributed by atoms with Crippen molar-refractivity contribution in [1.82, 2.24) is 4.90 Å². The molecule has 1 saturated heterocycles. The number of rotatable bonds is 6. The van der Waals surface area contributed by atoms with Crippen molar-refractivity contribution in [3.8, 4) is 0 Å². The highest BCUT2D eigenvalue weighted by Crippen LogP contribution is 2.20. The van der Waals surface area contributed by atoms with E-state index in [4.69, 9.17) is 10.5 Å². The van der Waals surface area contributed by atoms with Gasteiger partial charge in [0.1, 0.15) is 6.10 Å². The summed E-state index contributed by atoms with van der Waals surface area (Å²) in [5.41, 5.74) is 7.41. The predicted molar refractivity (Wildman–Crippen MR) is 96.3 cm³/mol. The first kappa shape index (κ1) is 20.4. The van der Waals surface area contributed by atoms with E-state index in [0.29, 0.717) is 13.0 Å². The van der Waals surface area contributed by atoms with E-state index < -0.39 is 6.10 Å². The normalized spacial score (nSPS) is 19.5. The summed E-state index contributed by atoms with van der Waals surface area (Å²) in [6, 6.07) is 7.66. The summed E-state index contributed by atoms with van der Waals surface area (Å²) in [5, 5.41) is 2.86. The number of likely N-dealkylation sites (N-methyl/N-ethyl adjacent to an activating group) is 1. The zero-order valence-corrected chi connectivity index (χ0v) is 15.0. The second kappa shape index (κ2) is 9.61. The highest BCUT2D eigenvalue weighted by atomic mass is 35.5. The van der Waals surface area contributed by atoms with Crippen LogP contribution in [0.4, 0.5) is 5.69 Å². The van der Waals surface area contributed by atoms with Gasteiger partial charge in [-0.1, -0.05) is 25.1 Å². The van der Waals surface area contributed by atoms with Crippen molar-refractivity contribution in [3.63, 3.8) is 0 Å². The van der Waals surface area contributed by atoms with Crippen LogP contribution in [0.25, 0.3) is 0 Å². The molecule has 1 aliphatic heterocycles. The molecule has 1 heterocycles. The monoisotopic (exact) mass is 355 g/mol. The van der Waals surface area contributed by atoms with Crippen LogP contribution in [0.3, 0.4) is 0 Å². The molecule has 24 heavy (non-hydrogen) atoms. The fraction of sp³-hybridized carbons (Fsp3) is 0.529. The van der Waals surface area contributed by atoms with Crippen LogP contribution in [-0.2, 0) is 20.7 Å². The van der Waals surface area contributed by atoms with Gasteiger partial charge in [0.15, 0.2) is 0 Å². The quantitative estimate of drug-likeness (QED) is 0.811. The van der Waals surface area contributed by atoms with Crippen molar-refractivity contribution in [2.45, 2.75) is 38.4 Å². The first-order valence-electron chi connectivity index (χ1n) is 8.03. The Hall–Kier alpha value is -1.63. The molecule has 6 nitrogen and oxygen atoms in total. The highest BCUT2D eigenvalue weighted by molar-refractivity contribution is 5.95. The number of benzene rings is 1. The zero-order chi connectivity index (χ0) is 16.8. The number of hydrogen-bond donors (Lipinski definition) is 2. The molecule has 0 unspecified atom stereocenters. The standard InChI is InChI=1S/C17H25N3O3.ClH/c1-3-12-6-4-5-7-14(12)19-16(21)11-20(2)17(22)15-9-8-13(10-18)23-15;/h4-7,13,15H,3,8-11,18H2,1-2H3,(H,19,21);1H/t13-,15+;/m1./s1. The predicted octanol–water partition coefficient (Wildman–Crippen LogP) is 1.57. The minimum atomic E-state index is -0.482. The fourth-order valence-electron chi connectivity index (χ4n) is 2.74. The Morgan fingerprint density at radius 1 is 1.33 bits per heavy atom. The van der Waals surface area contributed by atoms with E-state index in [0.717, 1.165) is 24.1 Å². The summed E-state index contributed by atoms with van der Waals surface area (Å²) >= 11 is 0. The minimum Gasteiger partial charge on any atom is -0.364 e. The average Bonchev–Trinajstić information content (AvgIpc) is 3.03. The molecule has 7 heteroatoms. The summed E-state index contributed by atoms with van der Waals surface area (Å²) in [4.78, 5) is 25.9. The van der Waals surface area contributed by atoms with Crippen LogP contribution in [0.15, 0.2) is 24.3 Å². The fourth-order valence-corrected chi connectivity index (χ4v) is 2.74. The van der Waals surface area contributed by atoms with Crippen LogP contribution in [0.1, 0.15) is 25.3 Å². The largest absolute Gasteiger partial charge is 0.364 e. The number of hydrogen-bond acceptors (Lipinski definition) is 4. The Labute approximate surface area is 149 Å². The van der Waals surface area contributed by atoms with E-state index in [1.54, 1.807) is 7.05 Å². The summed E-state index contributed by atoms with van der Waals surface area (Å²) in [6.45, 7) is 2.46. The number of amides is 2. The molecule has 2 amide bonds. The van der Waals surface area contributed by atoms with Crippen molar-refractivity contribution in [2.24, 2.45) is 5.73 Å². The molecule has 134 valence electrons. The molecular formula is C17H26ClN3O3. The van der Waals surface area contributed by atoms with Gasteiger partial charge in [0, 0.05) is 19.3 Å². The van der Waals surface area contributed by atoms with Crippen LogP contribution in [0.2, 0.25) is 0 Å². The Kier molecular flexibility index (Phi) is 8.18. The number of aryl methyl sites for hydroxylation is 1. The molecule has 1 fully saturated rings. The number of halogens is 1. The number of nitrogens with two attached hydrogens (primary N) is 1. The molecular weight excluding hydrogens is 330 g/mol. The van der Waals surface area contributed by atoms with Crippen LogP contribution < -0.4 is 11.1 Å². The maximum atomic E-state index is 12.3. The van der Waals surface area contributed by atoms with Gasteiger partial charge in [0.2, 0.25) is 5.91 Å². The molecule has 2 rings (SSSR count). The smallest absolute Gasteiger partial charge is 0.251 e. The van der Waals surface area contributed by atoms with E-state index in [1.165, 1.54) is 4.90 Å². The van der Waals surface area contributed by atoms with E-state index in [-0.39, 0.29) is 36.9 Å². The second-order valence-electron chi connectivity index (χ2n) is 5.81. The molecule has 0 aromatic heterocycles. The Morgan fingerprint density at radius 2 is 2.04 bits per heavy atom. The van der Waals surface area contributed by atoms with Gasteiger partial charge >= 0.3 is 0 Å². The van der Waals surface area contributed by atoms with Crippen molar-refractivity contribution >= 4 is 29.9 Å². The minimum absolute atomic E-state index is 0. The number of carbonyl (C=O) groups is 2. The zero-order valence-electron chi connectivity index (χ0n) is 14.2. The van der Waals surface area contributed by atoms with Crippen molar-refractivity contribution in [1.29, 1.82) is 0 Å². The highest BCUT2D eigenvalue weighted by Gasteiger charge is 2.32. The molecule has 0 spiro atoms. The summed E-state index contributed by atoms with van der Waals surface area (Å²) in [7, 11) is 1.62. The molecule has 1 aromatic carbocycles. The van der Waals surface area contributed by atoms with Crippen LogP contribution in [-0.4, -0.2) is 49.1 Å². The third-order valence-electron chi connectivity index (χ3n) is 4.08. The third kappa shape index (κ3) is 5.19. The maximum absolute atomic E-state index is 12.3. The maximum Gasteiger partial charge on any atom is 0.251 e. The van der Waals surface area contributed by atoms with Gasteiger partial charge in [-0.25, -0.2) is 0 Å². The van der Waals surface area contributed by atoms with Crippen molar-refractivity contribution in [2.75, 3.05) is 25.5 Å². The van der Waals surface area contributed by atoms with E-state index in [2.05, 4.69) is 5.32 Å². The Balaban J connectivity index is 0.00000288. The molecule has 0 radical (unpaired) electrons. The summed E-state index contributed by atoms with van der Waals surface area (Å²) in [6.07, 6.45) is 1.75. The second-order valence-corrected chi connectivity index (χ2v) is 5.81. The van der Waals surface area contributed by atoms with E-state index >= 15 is 0 Å². The van der Waals surface area contributed by atoms with Gasteiger partial charge in [-0.05, 0) is 30.9 Å². The number of nitrogens with zero attached hydrogens (tertiary/aromatic N) is 1. The lowest BCUT2D eigenvalue weighted by molar-refractivity contribution is -0.143. The average molecular weight is 356 g/mol. The molecule has 0 bridgehead atoms. The molecule has 2 atom stereocenters. The number of para-hydroxylation sites is 1. The van der Waals surface area contributed by atoms with Gasteiger partial charge in [-0.2, -0.15) is 0 Å². The van der Waals surface area contributed by atoms with Gasteiger partial charge < -0.3 is 20.7 Å². The SMILES string of the molecule is CCc1ccccc1NC(=O)CN(C)C(=O)[C@@H]1CC[C@H](CN)O1.Cl. The summed E-state index contributed by atoms with van der Waals surface area (Å²) in [5.74, 6) is -0.380. The van der Waals surface area contributed by atoms with Gasteiger partial charge in [0.25, 0.3) is 5.91 Å². The van der Waals surface area contributed by atoms with Crippen molar-refractivity contribution < 1.29 is 14.3 Å². The number of anilines is 1. The lowest BCUT2D eigenvalue weighted by Gasteiger charge is -2.21. The van der Waals surface area contributed by atoms with Gasteiger partial charge in [-0.3, -0.25) is 9.59 Å². The molecule has 3 N–H and O–H groups in total. The molecule has 0 aliphatic carbocycles. The van der Waals surface area contributed by atoms with E-state index in [9.17, 15) is 9.59 Å². The van der Waals surface area contributed by atoms with Crippen LogP contribution >= 0.6 is 12.4 Å². The van der Waals surface area contributed by atoms with Gasteiger partial charge in [-0.15, -0.1) is 12.4 Å². The lowest BCUT2D eigenvalue weighted by Crippen LogP contribution is -2.41. The first-order chi connectivity index (χ1) is 11.0. The molecule has 0 saturated carbocycles. The summed E-state index contributed by atoms with van der Waals surface area (Å²) < 4.78 is 5.58. The number of carbonyl (C=O) groups excluding carboxylic acids is 2.